The first-order valence-electron chi connectivity index (χ1n) is 7.78. The third-order valence-electron chi connectivity index (χ3n) is 3.97. The summed E-state index contributed by atoms with van der Waals surface area (Å²) in [5.74, 6) is 0.328. The SMILES string of the molecule is Cc1noc(C)c1S(=O)(=O)N1CCCN(C(=O)CCCN)CC1. The van der Waals surface area contributed by atoms with Crippen LogP contribution in [-0.2, 0) is 14.8 Å². The van der Waals surface area contributed by atoms with E-state index in [1.807, 2.05) is 0 Å². The van der Waals surface area contributed by atoms with Crippen LogP contribution in [0.2, 0.25) is 0 Å². The van der Waals surface area contributed by atoms with Crippen LogP contribution in [-0.4, -0.2) is 61.4 Å². The maximum Gasteiger partial charge on any atom is 0.248 e. The second-order valence-corrected chi connectivity index (χ2v) is 7.56. The van der Waals surface area contributed by atoms with Crippen molar-refractivity contribution in [2.45, 2.75) is 38.0 Å². The number of hydrogen-bond donors (Lipinski definition) is 1. The van der Waals surface area contributed by atoms with Crippen molar-refractivity contribution in [1.82, 2.24) is 14.4 Å². The summed E-state index contributed by atoms with van der Waals surface area (Å²) >= 11 is 0. The van der Waals surface area contributed by atoms with Crippen molar-refractivity contribution in [1.29, 1.82) is 0 Å². The Morgan fingerprint density at radius 1 is 1.26 bits per heavy atom. The number of carbonyl (C=O) groups excluding carboxylic acids is 1. The first kappa shape index (κ1) is 17.9. The van der Waals surface area contributed by atoms with Crippen LogP contribution in [0.1, 0.15) is 30.7 Å². The summed E-state index contributed by atoms with van der Waals surface area (Å²) in [6.45, 7) is 5.31. The minimum absolute atomic E-state index is 0.0343. The Balaban J connectivity index is 2.10. The predicted octanol–water partition coefficient (Wildman–Crippen LogP) is 0.253. The van der Waals surface area contributed by atoms with E-state index in [0.717, 1.165) is 0 Å². The lowest BCUT2D eigenvalue weighted by molar-refractivity contribution is -0.131. The van der Waals surface area contributed by atoms with Crippen LogP contribution in [0.3, 0.4) is 0 Å². The first-order chi connectivity index (χ1) is 10.9. The van der Waals surface area contributed by atoms with Crippen molar-refractivity contribution in [3.05, 3.63) is 11.5 Å². The summed E-state index contributed by atoms with van der Waals surface area (Å²) in [5.41, 5.74) is 5.79. The third kappa shape index (κ3) is 3.91. The maximum atomic E-state index is 12.8. The predicted molar refractivity (Wildman–Crippen MR) is 84.2 cm³/mol. The molecular weight excluding hydrogens is 320 g/mol. The van der Waals surface area contributed by atoms with Gasteiger partial charge in [-0.3, -0.25) is 4.79 Å². The summed E-state index contributed by atoms with van der Waals surface area (Å²) < 4.78 is 32.0. The van der Waals surface area contributed by atoms with E-state index in [1.165, 1.54) is 4.31 Å². The number of nitrogens with two attached hydrogens (primary N) is 1. The average Bonchev–Trinajstić information content (AvgIpc) is 2.73. The van der Waals surface area contributed by atoms with Crippen molar-refractivity contribution in [3.63, 3.8) is 0 Å². The molecule has 2 rings (SSSR count). The second kappa shape index (κ2) is 7.41. The van der Waals surface area contributed by atoms with Gasteiger partial charge in [0.05, 0.1) is 0 Å². The van der Waals surface area contributed by atoms with Crippen LogP contribution >= 0.6 is 0 Å². The molecule has 0 saturated carbocycles. The highest BCUT2D eigenvalue weighted by Gasteiger charge is 2.32. The number of aromatic nitrogens is 1. The van der Waals surface area contributed by atoms with Gasteiger partial charge in [0.2, 0.25) is 15.9 Å². The van der Waals surface area contributed by atoms with Gasteiger partial charge >= 0.3 is 0 Å². The molecule has 0 aliphatic carbocycles. The number of sulfonamides is 1. The van der Waals surface area contributed by atoms with Crippen molar-refractivity contribution in [3.8, 4) is 0 Å². The van der Waals surface area contributed by atoms with E-state index in [0.29, 0.717) is 56.9 Å². The van der Waals surface area contributed by atoms with Gasteiger partial charge in [-0.1, -0.05) is 5.16 Å². The fraction of sp³-hybridized carbons (Fsp3) is 0.714. The van der Waals surface area contributed by atoms with E-state index in [2.05, 4.69) is 5.16 Å². The fourth-order valence-corrected chi connectivity index (χ4v) is 4.53. The largest absolute Gasteiger partial charge is 0.360 e. The summed E-state index contributed by atoms with van der Waals surface area (Å²) in [4.78, 5) is 13.9. The summed E-state index contributed by atoms with van der Waals surface area (Å²) in [7, 11) is -3.65. The Morgan fingerprint density at radius 3 is 2.61 bits per heavy atom. The minimum atomic E-state index is -3.65. The number of hydrogen-bond acceptors (Lipinski definition) is 6. The van der Waals surface area contributed by atoms with Gasteiger partial charge in [-0.25, -0.2) is 8.42 Å². The van der Waals surface area contributed by atoms with Crippen molar-refractivity contribution in [2.75, 3.05) is 32.7 Å². The quantitative estimate of drug-likeness (QED) is 0.820. The molecule has 0 radical (unpaired) electrons. The molecule has 1 amide bonds. The summed E-state index contributed by atoms with van der Waals surface area (Å²) in [6.07, 6.45) is 1.67. The topological polar surface area (TPSA) is 110 Å². The van der Waals surface area contributed by atoms with E-state index < -0.39 is 10.0 Å². The molecule has 1 aromatic rings. The van der Waals surface area contributed by atoms with Crippen LogP contribution in [0, 0.1) is 13.8 Å². The monoisotopic (exact) mass is 344 g/mol. The van der Waals surface area contributed by atoms with Crippen molar-refractivity contribution < 1.29 is 17.7 Å². The van der Waals surface area contributed by atoms with Crippen LogP contribution in [0.15, 0.2) is 9.42 Å². The Kier molecular flexibility index (Phi) is 5.77. The molecule has 1 aliphatic rings. The van der Waals surface area contributed by atoms with E-state index in [4.69, 9.17) is 10.3 Å². The first-order valence-corrected chi connectivity index (χ1v) is 9.22. The van der Waals surface area contributed by atoms with E-state index in [1.54, 1.807) is 18.7 Å². The van der Waals surface area contributed by atoms with Gasteiger partial charge in [-0.15, -0.1) is 0 Å². The molecule has 2 N–H and O–H groups in total. The fourth-order valence-electron chi connectivity index (χ4n) is 2.77. The van der Waals surface area contributed by atoms with E-state index in [9.17, 15) is 13.2 Å². The molecule has 1 saturated heterocycles. The molecule has 0 unspecified atom stereocenters. The Morgan fingerprint density at radius 2 is 2.00 bits per heavy atom. The molecule has 2 heterocycles. The number of carbonyl (C=O) groups is 1. The van der Waals surface area contributed by atoms with Gasteiger partial charge in [0, 0.05) is 32.6 Å². The normalized spacial score (nSPS) is 17.3. The van der Waals surface area contributed by atoms with Gasteiger partial charge in [0.25, 0.3) is 0 Å². The van der Waals surface area contributed by atoms with Crippen LogP contribution in [0.5, 0.6) is 0 Å². The lowest BCUT2D eigenvalue weighted by atomic mass is 10.2. The zero-order valence-electron chi connectivity index (χ0n) is 13.6. The maximum absolute atomic E-state index is 12.8. The van der Waals surface area contributed by atoms with E-state index in [-0.39, 0.29) is 17.3 Å². The smallest absolute Gasteiger partial charge is 0.248 e. The Bertz CT molecular complexity index is 636. The standard InChI is InChI=1S/C14H24N4O4S/c1-11-14(12(2)22-16-11)23(20,21)18-8-4-7-17(9-10-18)13(19)5-3-6-15/h3-10,15H2,1-2H3. The molecule has 1 aliphatic heterocycles. The summed E-state index contributed by atoms with van der Waals surface area (Å²) in [5, 5.41) is 3.72. The number of rotatable bonds is 5. The van der Waals surface area contributed by atoms with Crippen molar-refractivity contribution in [2.24, 2.45) is 5.73 Å². The Hall–Kier alpha value is -1.45. The number of nitrogens with zero attached hydrogens (tertiary/aromatic N) is 3. The van der Waals surface area contributed by atoms with Crippen LogP contribution < -0.4 is 5.73 Å². The molecule has 0 spiro atoms. The van der Waals surface area contributed by atoms with Gasteiger partial charge < -0.3 is 15.2 Å². The molecule has 1 fully saturated rings. The third-order valence-corrected chi connectivity index (χ3v) is 6.11. The van der Waals surface area contributed by atoms with Gasteiger partial charge in [0.1, 0.15) is 10.6 Å². The van der Waals surface area contributed by atoms with Gasteiger partial charge in [0.15, 0.2) is 5.76 Å². The Labute approximate surface area is 136 Å². The van der Waals surface area contributed by atoms with Crippen LogP contribution in [0.4, 0.5) is 0 Å². The molecule has 0 atom stereocenters. The zero-order valence-corrected chi connectivity index (χ0v) is 14.4. The molecule has 9 heteroatoms. The van der Waals surface area contributed by atoms with Crippen LogP contribution in [0.25, 0.3) is 0 Å². The molecule has 130 valence electrons. The second-order valence-electron chi connectivity index (χ2n) is 5.68. The molecule has 0 bridgehead atoms. The molecule has 23 heavy (non-hydrogen) atoms. The van der Waals surface area contributed by atoms with Gasteiger partial charge in [-0.05, 0) is 33.2 Å². The number of aryl methyl sites for hydroxylation is 2. The highest BCUT2D eigenvalue weighted by molar-refractivity contribution is 7.89. The molecule has 8 nitrogen and oxygen atoms in total. The van der Waals surface area contributed by atoms with Crippen molar-refractivity contribution >= 4 is 15.9 Å². The zero-order chi connectivity index (χ0) is 17.0. The summed E-state index contributed by atoms with van der Waals surface area (Å²) in [6, 6.07) is 0. The highest BCUT2D eigenvalue weighted by atomic mass is 32.2. The lowest BCUT2D eigenvalue weighted by Crippen LogP contribution is -2.37. The van der Waals surface area contributed by atoms with Gasteiger partial charge in [-0.2, -0.15) is 4.31 Å². The average molecular weight is 344 g/mol. The molecule has 0 aromatic carbocycles. The molecule has 1 aromatic heterocycles. The minimum Gasteiger partial charge on any atom is -0.360 e. The lowest BCUT2D eigenvalue weighted by Gasteiger charge is -2.21. The highest BCUT2D eigenvalue weighted by Crippen LogP contribution is 2.24. The van der Waals surface area contributed by atoms with E-state index >= 15 is 0 Å². The number of amides is 1. The molecular formula is C14H24N4O4S.